The molecule has 1 aromatic heterocycles. The average molecular weight is 436 g/mol. The molecule has 4 atom stereocenters. The van der Waals surface area contributed by atoms with Gasteiger partial charge in [-0.25, -0.2) is 4.39 Å². The molecule has 168 valence electrons. The maximum absolute atomic E-state index is 14.0. The topological polar surface area (TPSA) is 53.5 Å². The molecule has 3 aliphatic rings. The van der Waals surface area contributed by atoms with Crippen LogP contribution in [0, 0.1) is 11.2 Å². The van der Waals surface area contributed by atoms with E-state index in [9.17, 15) is 14.0 Å². The molecule has 2 aliphatic heterocycles. The van der Waals surface area contributed by atoms with Crippen molar-refractivity contribution in [2.24, 2.45) is 5.41 Å². The SMILES string of the molecule is CC(=O)N1[C@@H]2CN(C(=O)c3ccc(Cc4ccccc4F)nc3)[C@@H]3CCCC[C@H]1[C@]3(C)C2. The number of halogens is 1. The summed E-state index contributed by atoms with van der Waals surface area (Å²) in [5.41, 5.74) is 1.82. The third kappa shape index (κ3) is 3.40. The molecule has 3 fully saturated rings. The number of hydrogen-bond donors (Lipinski definition) is 0. The van der Waals surface area contributed by atoms with Gasteiger partial charge in [0.05, 0.1) is 11.6 Å². The van der Waals surface area contributed by atoms with E-state index in [2.05, 4.69) is 16.8 Å². The van der Waals surface area contributed by atoms with Crippen molar-refractivity contribution in [3.63, 3.8) is 0 Å². The fourth-order valence-electron chi connectivity index (χ4n) is 6.52. The van der Waals surface area contributed by atoms with E-state index in [0.717, 1.165) is 37.8 Å². The van der Waals surface area contributed by atoms with Crippen molar-refractivity contribution in [1.82, 2.24) is 14.8 Å². The van der Waals surface area contributed by atoms with E-state index < -0.39 is 0 Å². The molecular weight excluding hydrogens is 405 g/mol. The molecule has 1 saturated carbocycles. The van der Waals surface area contributed by atoms with Gasteiger partial charge in [0.25, 0.3) is 5.91 Å². The molecule has 6 heteroatoms. The Morgan fingerprint density at radius 1 is 1.12 bits per heavy atom. The number of carbonyl (C=O) groups excluding carboxylic acids is 2. The fraction of sp³-hybridized carbons (Fsp3) is 0.500. The van der Waals surface area contributed by atoms with Crippen LogP contribution >= 0.6 is 0 Å². The minimum atomic E-state index is -0.246. The zero-order chi connectivity index (χ0) is 22.5. The molecule has 0 spiro atoms. The predicted molar refractivity (Wildman–Crippen MR) is 120 cm³/mol. The van der Waals surface area contributed by atoms with Crippen LogP contribution in [0.3, 0.4) is 0 Å². The Kier molecular flexibility index (Phi) is 5.26. The lowest BCUT2D eigenvalue weighted by molar-refractivity contribution is -0.132. The summed E-state index contributed by atoms with van der Waals surface area (Å²) in [6.45, 7) is 4.53. The van der Waals surface area contributed by atoms with E-state index in [4.69, 9.17) is 0 Å². The fourth-order valence-corrected chi connectivity index (χ4v) is 6.52. The number of amides is 2. The number of benzene rings is 1. The molecule has 32 heavy (non-hydrogen) atoms. The van der Waals surface area contributed by atoms with Crippen LogP contribution in [0.5, 0.6) is 0 Å². The average Bonchev–Trinajstić information content (AvgIpc) is 2.89. The maximum atomic E-state index is 14.0. The second kappa shape index (κ2) is 7.98. The molecule has 0 N–H and O–H groups in total. The van der Waals surface area contributed by atoms with E-state index in [1.54, 1.807) is 31.3 Å². The van der Waals surface area contributed by atoms with Crippen molar-refractivity contribution in [1.29, 1.82) is 0 Å². The second-order valence-corrected chi connectivity index (χ2v) is 9.87. The molecule has 3 heterocycles. The number of piperidine rings is 1. The van der Waals surface area contributed by atoms with E-state index in [1.807, 2.05) is 17.0 Å². The molecule has 5 nitrogen and oxygen atoms in total. The van der Waals surface area contributed by atoms with E-state index in [0.29, 0.717) is 24.1 Å². The van der Waals surface area contributed by atoms with Crippen LogP contribution in [0.4, 0.5) is 4.39 Å². The first-order chi connectivity index (χ1) is 15.4. The molecule has 0 unspecified atom stereocenters. The number of carbonyl (C=O) groups is 2. The molecule has 5 rings (SSSR count). The largest absolute Gasteiger partial charge is 0.335 e. The molecule has 2 amide bonds. The van der Waals surface area contributed by atoms with Crippen LogP contribution in [-0.2, 0) is 11.2 Å². The molecule has 1 aromatic carbocycles. The number of pyridine rings is 1. The van der Waals surface area contributed by atoms with Gasteiger partial charge in [0.2, 0.25) is 5.91 Å². The quantitative estimate of drug-likeness (QED) is 0.726. The lowest BCUT2D eigenvalue weighted by Crippen LogP contribution is -2.55. The van der Waals surface area contributed by atoms with Crippen LogP contribution < -0.4 is 0 Å². The van der Waals surface area contributed by atoms with Gasteiger partial charge in [-0.1, -0.05) is 38.0 Å². The highest BCUT2D eigenvalue weighted by atomic mass is 19.1. The van der Waals surface area contributed by atoms with Crippen molar-refractivity contribution in [3.05, 3.63) is 65.2 Å². The Morgan fingerprint density at radius 2 is 1.88 bits per heavy atom. The maximum Gasteiger partial charge on any atom is 0.255 e. The first-order valence-corrected chi connectivity index (χ1v) is 11.7. The van der Waals surface area contributed by atoms with Gasteiger partial charge in [0.1, 0.15) is 5.82 Å². The molecule has 2 bridgehead atoms. The number of rotatable bonds is 3. The van der Waals surface area contributed by atoms with Gasteiger partial charge in [-0.05, 0) is 43.0 Å². The summed E-state index contributed by atoms with van der Waals surface area (Å²) < 4.78 is 14.0. The van der Waals surface area contributed by atoms with Crippen LogP contribution in [-0.4, -0.2) is 51.3 Å². The molecule has 2 aromatic rings. The lowest BCUT2D eigenvalue weighted by Gasteiger charge is -2.46. The third-order valence-electron chi connectivity index (χ3n) is 7.94. The predicted octanol–water partition coefficient (Wildman–Crippen LogP) is 4.21. The van der Waals surface area contributed by atoms with Crippen LogP contribution in [0.25, 0.3) is 0 Å². The van der Waals surface area contributed by atoms with Crippen molar-refractivity contribution in [2.75, 3.05) is 6.54 Å². The van der Waals surface area contributed by atoms with Gasteiger partial charge in [0.15, 0.2) is 0 Å². The standard InChI is InChI=1S/C26H30FN3O2/c1-17(31)30-21-14-26(2)23(9-5-6-10-24(26)30)29(16-21)25(32)19-11-12-20(28-15-19)13-18-7-3-4-8-22(18)27/h3-4,7-8,11-12,15,21,23-24H,5-6,9-10,13-14,16H2,1-2H3/t21-,23+,24-,26+/m0/s1. The molecular formula is C26H30FN3O2. The Bertz CT molecular complexity index is 1040. The highest BCUT2D eigenvalue weighted by Crippen LogP contribution is 2.53. The summed E-state index contributed by atoms with van der Waals surface area (Å²) in [4.78, 5) is 34.6. The zero-order valence-electron chi connectivity index (χ0n) is 18.8. The Morgan fingerprint density at radius 3 is 2.56 bits per heavy atom. The van der Waals surface area contributed by atoms with Gasteiger partial charge in [-0.3, -0.25) is 14.6 Å². The monoisotopic (exact) mass is 435 g/mol. The van der Waals surface area contributed by atoms with Crippen LogP contribution in [0.2, 0.25) is 0 Å². The van der Waals surface area contributed by atoms with E-state index in [1.165, 1.54) is 6.07 Å². The van der Waals surface area contributed by atoms with Crippen LogP contribution in [0.15, 0.2) is 42.6 Å². The third-order valence-corrected chi connectivity index (χ3v) is 7.94. The van der Waals surface area contributed by atoms with Crippen molar-refractivity contribution < 1.29 is 14.0 Å². The smallest absolute Gasteiger partial charge is 0.255 e. The van der Waals surface area contributed by atoms with E-state index in [-0.39, 0.29) is 41.2 Å². The number of nitrogens with zero attached hydrogens (tertiary/aromatic N) is 3. The molecule has 2 saturated heterocycles. The molecule has 1 aliphatic carbocycles. The highest BCUT2D eigenvalue weighted by molar-refractivity contribution is 5.94. The summed E-state index contributed by atoms with van der Waals surface area (Å²) in [6.07, 6.45) is 7.18. The lowest BCUT2D eigenvalue weighted by atomic mass is 9.71. The van der Waals surface area contributed by atoms with Crippen molar-refractivity contribution >= 4 is 11.8 Å². The summed E-state index contributed by atoms with van der Waals surface area (Å²) in [6, 6.07) is 10.8. The Hall–Kier alpha value is -2.76. The minimum absolute atomic E-state index is 0.0121. The number of aromatic nitrogens is 1. The first-order valence-electron chi connectivity index (χ1n) is 11.7. The van der Waals surface area contributed by atoms with Gasteiger partial charge in [-0.15, -0.1) is 0 Å². The van der Waals surface area contributed by atoms with Gasteiger partial charge in [-0.2, -0.15) is 0 Å². The van der Waals surface area contributed by atoms with Crippen LogP contribution in [0.1, 0.15) is 67.6 Å². The number of hydrogen-bond acceptors (Lipinski definition) is 3. The number of likely N-dealkylation sites (tertiary alicyclic amines) is 2. The first kappa shape index (κ1) is 21.1. The summed E-state index contributed by atoms with van der Waals surface area (Å²) in [7, 11) is 0. The summed E-state index contributed by atoms with van der Waals surface area (Å²) >= 11 is 0. The van der Waals surface area contributed by atoms with Gasteiger partial charge in [0, 0.05) is 49.3 Å². The molecule has 0 radical (unpaired) electrons. The summed E-state index contributed by atoms with van der Waals surface area (Å²) in [5, 5.41) is 0. The normalized spacial score (nSPS) is 29.0. The Labute approximate surface area is 188 Å². The zero-order valence-corrected chi connectivity index (χ0v) is 18.8. The second-order valence-electron chi connectivity index (χ2n) is 9.87. The summed E-state index contributed by atoms with van der Waals surface area (Å²) in [5.74, 6) is -0.135. The highest BCUT2D eigenvalue weighted by Gasteiger charge is 2.60. The van der Waals surface area contributed by atoms with E-state index >= 15 is 0 Å². The number of fused-ring (bicyclic) bond motifs is 1. The minimum Gasteiger partial charge on any atom is -0.335 e. The Balaban J connectivity index is 1.39. The van der Waals surface area contributed by atoms with Crippen molar-refractivity contribution in [3.8, 4) is 0 Å². The van der Waals surface area contributed by atoms with Gasteiger partial charge >= 0.3 is 0 Å². The van der Waals surface area contributed by atoms with Crippen molar-refractivity contribution in [2.45, 2.75) is 70.5 Å². The van der Waals surface area contributed by atoms with Gasteiger partial charge < -0.3 is 9.80 Å².